The first kappa shape index (κ1) is 23.7. The maximum atomic E-state index is 11.8. The van der Waals surface area contributed by atoms with Gasteiger partial charge in [-0.2, -0.15) is 0 Å². The molecule has 0 aromatic rings. The molecule has 0 aliphatic heterocycles. The highest BCUT2D eigenvalue weighted by Crippen LogP contribution is 2.32. The first-order valence-corrected chi connectivity index (χ1v) is 10.4. The van der Waals surface area contributed by atoms with Crippen LogP contribution < -0.4 is 0 Å². The van der Waals surface area contributed by atoms with Gasteiger partial charge in [0.05, 0.1) is 6.61 Å². The van der Waals surface area contributed by atoms with Gasteiger partial charge in [-0.25, -0.2) is 4.79 Å². The Balaban J connectivity index is 6.11. The molecule has 0 amide bonds. The zero-order valence-electron chi connectivity index (χ0n) is 17.5. The van der Waals surface area contributed by atoms with Gasteiger partial charge >= 0.3 is 5.97 Å². The lowest BCUT2D eigenvalue weighted by molar-refractivity contribution is -0.137. The van der Waals surface area contributed by atoms with Gasteiger partial charge < -0.3 is 4.74 Å². The molecule has 0 aliphatic rings. The molecular weight excluding hydrogens is 308 g/mol. The van der Waals surface area contributed by atoms with Gasteiger partial charge in [0, 0.05) is 6.08 Å². The van der Waals surface area contributed by atoms with Gasteiger partial charge in [-0.05, 0) is 55.7 Å². The zero-order valence-corrected chi connectivity index (χ0v) is 17.5. The van der Waals surface area contributed by atoms with Gasteiger partial charge in [0.25, 0.3) is 0 Å². The second-order valence-electron chi connectivity index (χ2n) is 6.52. The van der Waals surface area contributed by atoms with Gasteiger partial charge in [0.2, 0.25) is 0 Å². The Bertz CT molecular complexity index is 466. The fourth-order valence-corrected chi connectivity index (χ4v) is 3.35. The van der Waals surface area contributed by atoms with Crippen LogP contribution in [0.2, 0.25) is 0 Å². The van der Waals surface area contributed by atoms with Crippen LogP contribution in [0.3, 0.4) is 0 Å². The summed E-state index contributed by atoms with van der Waals surface area (Å²) >= 11 is 0. The van der Waals surface area contributed by atoms with Crippen molar-refractivity contribution in [3.05, 3.63) is 34.4 Å². The van der Waals surface area contributed by atoms with Crippen molar-refractivity contribution < 1.29 is 9.53 Å². The Labute approximate surface area is 156 Å². The van der Waals surface area contributed by atoms with E-state index >= 15 is 0 Å². The molecule has 2 heteroatoms. The van der Waals surface area contributed by atoms with Crippen LogP contribution in [0.25, 0.3) is 0 Å². The van der Waals surface area contributed by atoms with Crippen molar-refractivity contribution in [3.8, 4) is 0 Å². The summed E-state index contributed by atoms with van der Waals surface area (Å²) in [7, 11) is 0. The maximum absolute atomic E-state index is 11.8. The van der Waals surface area contributed by atoms with Crippen LogP contribution in [0.1, 0.15) is 99.3 Å². The lowest BCUT2D eigenvalue weighted by atomic mass is 9.85. The van der Waals surface area contributed by atoms with Gasteiger partial charge in [-0.3, -0.25) is 0 Å². The molecule has 0 aromatic carbocycles. The number of carbonyl (C=O) groups is 1. The molecule has 0 saturated heterocycles. The van der Waals surface area contributed by atoms with Crippen molar-refractivity contribution in [2.75, 3.05) is 6.61 Å². The van der Waals surface area contributed by atoms with Crippen LogP contribution >= 0.6 is 0 Å². The number of esters is 1. The molecule has 0 saturated carbocycles. The van der Waals surface area contributed by atoms with Crippen molar-refractivity contribution in [3.63, 3.8) is 0 Å². The van der Waals surface area contributed by atoms with Gasteiger partial charge in [0.1, 0.15) is 0 Å². The molecule has 0 atom stereocenters. The molecule has 0 aromatic heterocycles. The number of hydrogen-bond acceptors (Lipinski definition) is 2. The van der Waals surface area contributed by atoms with Gasteiger partial charge in [-0.15, -0.1) is 0 Å². The summed E-state index contributed by atoms with van der Waals surface area (Å²) in [5.41, 5.74) is 5.97. The molecule has 144 valence electrons. The molecule has 0 heterocycles. The van der Waals surface area contributed by atoms with Crippen molar-refractivity contribution in [2.24, 2.45) is 0 Å². The SMILES string of the molecule is CCCC(/C=C/C(=O)OCC)=C(CCC)/C(CCC)=C(/CC)CCC. The quantitative estimate of drug-likeness (QED) is 0.198. The summed E-state index contributed by atoms with van der Waals surface area (Å²) in [6.07, 6.45) is 13.7. The first-order chi connectivity index (χ1) is 12.1. The van der Waals surface area contributed by atoms with E-state index in [1.807, 2.05) is 13.0 Å². The van der Waals surface area contributed by atoms with Crippen molar-refractivity contribution >= 4 is 5.97 Å². The lowest BCUT2D eigenvalue weighted by Crippen LogP contribution is -2.03. The first-order valence-electron chi connectivity index (χ1n) is 10.4. The van der Waals surface area contributed by atoms with E-state index in [4.69, 9.17) is 4.74 Å². The minimum absolute atomic E-state index is 0.239. The summed E-state index contributed by atoms with van der Waals surface area (Å²) in [5.74, 6) is -0.239. The standard InChI is InChI=1S/C23H40O2/c1-7-13-19(11-5)21(15-9-3)22(16-10-4)20(14-8-2)17-18-23(24)25-12-6/h17-18H,7-16H2,1-6H3/b18-17+,21-19-,22-20-. The van der Waals surface area contributed by atoms with E-state index in [1.54, 1.807) is 17.2 Å². The van der Waals surface area contributed by atoms with Crippen LogP contribution in [-0.2, 0) is 9.53 Å². The number of carbonyl (C=O) groups excluding carboxylic acids is 1. The van der Waals surface area contributed by atoms with E-state index in [1.165, 1.54) is 24.0 Å². The van der Waals surface area contributed by atoms with Crippen molar-refractivity contribution in [1.29, 1.82) is 0 Å². The van der Waals surface area contributed by atoms with Gasteiger partial charge in [0.15, 0.2) is 0 Å². The number of hydrogen-bond donors (Lipinski definition) is 0. The third-order valence-electron chi connectivity index (χ3n) is 4.38. The fraction of sp³-hybridized carbons (Fsp3) is 0.696. The number of allylic oxidation sites excluding steroid dienone is 5. The van der Waals surface area contributed by atoms with Crippen LogP contribution in [0.5, 0.6) is 0 Å². The second-order valence-corrected chi connectivity index (χ2v) is 6.52. The molecule has 0 aliphatic carbocycles. The fourth-order valence-electron chi connectivity index (χ4n) is 3.35. The van der Waals surface area contributed by atoms with Crippen LogP contribution in [0.4, 0.5) is 0 Å². The molecule has 0 spiro atoms. The lowest BCUT2D eigenvalue weighted by Gasteiger charge is -2.20. The molecule has 0 N–H and O–H groups in total. The highest BCUT2D eigenvalue weighted by molar-refractivity contribution is 5.82. The highest BCUT2D eigenvalue weighted by atomic mass is 16.5. The Hall–Kier alpha value is -1.31. The van der Waals surface area contributed by atoms with Crippen LogP contribution in [0.15, 0.2) is 34.4 Å². The summed E-state index contributed by atoms with van der Waals surface area (Å²) in [6.45, 7) is 13.5. The average Bonchev–Trinajstić information content (AvgIpc) is 2.60. The van der Waals surface area contributed by atoms with E-state index in [2.05, 4.69) is 34.6 Å². The number of rotatable bonds is 13. The van der Waals surface area contributed by atoms with E-state index < -0.39 is 0 Å². The number of ether oxygens (including phenoxy) is 1. The predicted molar refractivity (Wildman–Crippen MR) is 110 cm³/mol. The third kappa shape index (κ3) is 9.09. The third-order valence-corrected chi connectivity index (χ3v) is 4.38. The van der Waals surface area contributed by atoms with E-state index in [-0.39, 0.29) is 5.97 Å². The van der Waals surface area contributed by atoms with Crippen molar-refractivity contribution in [2.45, 2.75) is 99.3 Å². The molecule has 0 rings (SSSR count). The summed E-state index contributed by atoms with van der Waals surface area (Å²) < 4.78 is 5.06. The second kappa shape index (κ2) is 15.0. The Morgan fingerprint density at radius 3 is 1.76 bits per heavy atom. The molecule has 2 nitrogen and oxygen atoms in total. The summed E-state index contributed by atoms with van der Waals surface area (Å²) in [6, 6.07) is 0. The minimum atomic E-state index is -0.239. The molecule has 0 fully saturated rings. The maximum Gasteiger partial charge on any atom is 0.330 e. The van der Waals surface area contributed by atoms with E-state index in [9.17, 15) is 4.79 Å². The molecule has 0 bridgehead atoms. The van der Waals surface area contributed by atoms with E-state index in [0.29, 0.717) is 6.61 Å². The highest BCUT2D eigenvalue weighted by Gasteiger charge is 2.13. The smallest absolute Gasteiger partial charge is 0.330 e. The molecule has 25 heavy (non-hydrogen) atoms. The predicted octanol–water partition coefficient (Wildman–Crippen LogP) is 7.31. The monoisotopic (exact) mass is 348 g/mol. The molecule has 0 radical (unpaired) electrons. The van der Waals surface area contributed by atoms with Crippen molar-refractivity contribution in [1.82, 2.24) is 0 Å². The Morgan fingerprint density at radius 1 is 0.720 bits per heavy atom. The summed E-state index contributed by atoms with van der Waals surface area (Å²) in [5, 5.41) is 0. The average molecular weight is 349 g/mol. The zero-order chi connectivity index (χ0) is 19.1. The Morgan fingerprint density at radius 2 is 1.28 bits per heavy atom. The molecule has 0 unspecified atom stereocenters. The van der Waals surface area contributed by atoms with Crippen LogP contribution in [0, 0.1) is 0 Å². The molecular formula is C23H40O2. The normalized spacial score (nSPS) is 13.7. The Kier molecular flexibility index (Phi) is 14.2. The largest absolute Gasteiger partial charge is 0.463 e. The topological polar surface area (TPSA) is 26.3 Å². The summed E-state index contributed by atoms with van der Waals surface area (Å²) in [4.78, 5) is 11.8. The van der Waals surface area contributed by atoms with E-state index in [0.717, 1.165) is 44.9 Å². The minimum Gasteiger partial charge on any atom is -0.463 e. The van der Waals surface area contributed by atoms with Crippen LogP contribution in [-0.4, -0.2) is 12.6 Å². The van der Waals surface area contributed by atoms with Gasteiger partial charge in [-0.1, -0.05) is 72.0 Å².